The van der Waals surface area contributed by atoms with E-state index in [1.165, 1.54) is 12.1 Å². The van der Waals surface area contributed by atoms with E-state index in [0.717, 1.165) is 5.56 Å². The standard InChI is InChI=1S/C18H21N3O4S/c1-3-24-16-10-5-13(11-17(16)25-4-2)12-19-18(26)20-14-6-8-15(9-7-14)21(22)23/h5-11H,3-4,12H2,1-2H3,(H2,19,20,26). The lowest BCUT2D eigenvalue weighted by Gasteiger charge is -2.14. The van der Waals surface area contributed by atoms with Gasteiger partial charge >= 0.3 is 0 Å². The number of benzene rings is 2. The molecular formula is C18H21N3O4S. The maximum absolute atomic E-state index is 10.7. The molecule has 138 valence electrons. The van der Waals surface area contributed by atoms with Crippen molar-refractivity contribution in [2.24, 2.45) is 0 Å². The highest BCUT2D eigenvalue weighted by Gasteiger charge is 2.07. The normalized spacial score (nSPS) is 10.1. The molecule has 26 heavy (non-hydrogen) atoms. The highest BCUT2D eigenvalue weighted by molar-refractivity contribution is 7.80. The zero-order valence-corrected chi connectivity index (χ0v) is 15.5. The van der Waals surface area contributed by atoms with Crippen LogP contribution in [0.2, 0.25) is 0 Å². The largest absolute Gasteiger partial charge is 0.490 e. The summed E-state index contributed by atoms with van der Waals surface area (Å²) in [4.78, 5) is 10.2. The van der Waals surface area contributed by atoms with Gasteiger partial charge in [0.1, 0.15) is 0 Å². The maximum Gasteiger partial charge on any atom is 0.269 e. The van der Waals surface area contributed by atoms with Crippen molar-refractivity contribution >= 4 is 28.7 Å². The minimum Gasteiger partial charge on any atom is -0.490 e. The van der Waals surface area contributed by atoms with Crippen LogP contribution < -0.4 is 20.1 Å². The van der Waals surface area contributed by atoms with Crippen LogP contribution in [0, 0.1) is 10.1 Å². The fraction of sp³-hybridized carbons (Fsp3) is 0.278. The summed E-state index contributed by atoms with van der Waals surface area (Å²) in [5.41, 5.74) is 1.70. The molecule has 2 rings (SSSR count). The number of thiocarbonyl (C=S) groups is 1. The van der Waals surface area contributed by atoms with Crippen LogP contribution in [0.15, 0.2) is 42.5 Å². The molecule has 2 N–H and O–H groups in total. The summed E-state index contributed by atoms with van der Waals surface area (Å²) < 4.78 is 11.2. The van der Waals surface area contributed by atoms with E-state index in [1.807, 2.05) is 32.0 Å². The molecule has 0 aliphatic heterocycles. The number of nitro groups is 1. The number of nitro benzene ring substituents is 1. The van der Waals surface area contributed by atoms with Crippen LogP contribution in [-0.2, 0) is 6.54 Å². The first-order valence-corrected chi connectivity index (χ1v) is 8.62. The number of hydrogen-bond donors (Lipinski definition) is 2. The van der Waals surface area contributed by atoms with Crippen LogP contribution in [0.1, 0.15) is 19.4 Å². The molecule has 0 aromatic heterocycles. The van der Waals surface area contributed by atoms with Crippen molar-refractivity contribution < 1.29 is 14.4 Å². The Morgan fingerprint density at radius 1 is 1.08 bits per heavy atom. The molecule has 7 nitrogen and oxygen atoms in total. The fourth-order valence-corrected chi connectivity index (χ4v) is 2.42. The molecule has 0 aliphatic rings. The van der Waals surface area contributed by atoms with Crippen molar-refractivity contribution in [2.45, 2.75) is 20.4 Å². The molecule has 0 bridgehead atoms. The van der Waals surface area contributed by atoms with E-state index in [0.29, 0.717) is 42.1 Å². The molecule has 0 amide bonds. The lowest BCUT2D eigenvalue weighted by atomic mass is 10.2. The highest BCUT2D eigenvalue weighted by atomic mass is 32.1. The Balaban J connectivity index is 1.93. The summed E-state index contributed by atoms with van der Waals surface area (Å²) in [6.45, 7) is 5.47. The van der Waals surface area contributed by atoms with Gasteiger partial charge in [-0.05, 0) is 55.9 Å². The second-order valence-corrected chi connectivity index (χ2v) is 5.67. The van der Waals surface area contributed by atoms with Gasteiger partial charge in [0.15, 0.2) is 16.6 Å². The molecule has 0 atom stereocenters. The molecule has 0 spiro atoms. The summed E-state index contributed by atoms with van der Waals surface area (Å²) >= 11 is 5.26. The van der Waals surface area contributed by atoms with Gasteiger partial charge in [0.2, 0.25) is 0 Å². The van der Waals surface area contributed by atoms with Crippen LogP contribution in [0.4, 0.5) is 11.4 Å². The van der Waals surface area contributed by atoms with E-state index < -0.39 is 4.92 Å². The van der Waals surface area contributed by atoms with Gasteiger partial charge in [-0.3, -0.25) is 10.1 Å². The van der Waals surface area contributed by atoms with Crippen LogP contribution in [0.5, 0.6) is 11.5 Å². The molecule has 0 saturated heterocycles. The maximum atomic E-state index is 10.7. The first kappa shape index (κ1) is 19.5. The summed E-state index contributed by atoms with van der Waals surface area (Å²) in [5.74, 6) is 1.41. The summed E-state index contributed by atoms with van der Waals surface area (Å²) in [6, 6.07) is 11.8. The predicted molar refractivity (Wildman–Crippen MR) is 105 cm³/mol. The zero-order chi connectivity index (χ0) is 18.9. The topological polar surface area (TPSA) is 85.7 Å². The SMILES string of the molecule is CCOc1ccc(CNC(=S)Nc2ccc([N+](=O)[O-])cc2)cc1OCC. The molecule has 0 saturated carbocycles. The number of rotatable bonds is 8. The third-order valence-corrected chi connectivity index (χ3v) is 3.64. The van der Waals surface area contributed by atoms with Gasteiger partial charge < -0.3 is 20.1 Å². The van der Waals surface area contributed by atoms with Crippen LogP contribution >= 0.6 is 12.2 Å². The van der Waals surface area contributed by atoms with Gasteiger partial charge in [-0.1, -0.05) is 6.07 Å². The van der Waals surface area contributed by atoms with Crippen molar-refractivity contribution in [3.63, 3.8) is 0 Å². The highest BCUT2D eigenvalue weighted by Crippen LogP contribution is 2.28. The molecule has 2 aromatic carbocycles. The van der Waals surface area contributed by atoms with Crippen LogP contribution in [-0.4, -0.2) is 23.2 Å². The molecule has 0 radical (unpaired) electrons. The van der Waals surface area contributed by atoms with Crippen molar-refractivity contribution in [1.29, 1.82) is 0 Å². The first-order valence-electron chi connectivity index (χ1n) is 8.21. The Bertz CT molecular complexity index is 766. The smallest absolute Gasteiger partial charge is 0.269 e. The first-order chi connectivity index (χ1) is 12.5. The van der Waals surface area contributed by atoms with Gasteiger partial charge in [0.25, 0.3) is 5.69 Å². The number of anilines is 1. The Morgan fingerprint density at radius 3 is 2.35 bits per heavy atom. The Hall–Kier alpha value is -2.87. The molecular weight excluding hydrogens is 354 g/mol. The average Bonchev–Trinajstić information content (AvgIpc) is 2.62. The van der Waals surface area contributed by atoms with E-state index in [2.05, 4.69) is 10.6 Å². The van der Waals surface area contributed by atoms with Crippen molar-refractivity contribution in [2.75, 3.05) is 18.5 Å². The lowest BCUT2D eigenvalue weighted by molar-refractivity contribution is -0.384. The molecule has 2 aromatic rings. The number of nitrogens with zero attached hydrogens (tertiary/aromatic N) is 1. The minimum atomic E-state index is -0.442. The minimum absolute atomic E-state index is 0.0345. The average molecular weight is 375 g/mol. The Morgan fingerprint density at radius 2 is 1.73 bits per heavy atom. The van der Waals surface area contributed by atoms with Crippen molar-refractivity contribution in [3.8, 4) is 11.5 Å². The molecule has 0 fully saturated rings. The van der Waals surface area contributed by atoms with Crippen molar-refractivity contribution in [1.82, 2.24) is 5.32 Å². The second kappa shape index (κ2) is 9.57. The molecule has 8 heteroatoms. The number of ether oxygens (including phenoxy) is 2. The third kappa shape index (κ3) is 5.59. The van der Waals surface area contributed by atoms with Gasteiger partial charge in [0.05, 0.1) is 18.1 Å². The number of nitrogens with one attached hydrogen (secondary N) is 2. The van der Waals surface area contributed by atoms with E-state index in [9.17, 15) is 10.1 Å². The van der Waals surface area contributed by atoms with E-state index >= 15 is 0 Å². The van der Waals surface area contributed by atoms with Gasteiger partial charge in [0, 0.05) is 24.4 Å². The lowest BCUT2D eigenvalue weighted by Crippen LogP contribution is -2.27. The molecule has 0 heterocycles. The Kier molecular flexibility index (Phi) is 7.16. The summed E-state index contributed by atoms with van der Waals surface area (Å²) in [6.07, 6.45) is 0. The molecule has 0 aliphatic carbocycles. The van der Waals surface area contributed by atoms with Crippen molar-refractivity contribution in [3.05, 3.63) is 58.1 Å². The monoisotopic (exact) mass is 375 g/mol. The quantitative estimate of drug-likeness (QED) is 0.411. The van der Waals surface area contributed by atoms with Gasteiger partial charge in [-0.25, -0.2) is 0 Å². The van der Waals surface area contributed by atoms with E-state index in [1.54, 1.807) is 12.1 Å². The van der Waals surface area contributed by atoms with Gasteiger partial charge in [-0.2, -0.15) is 0 Å². The molecule has 0 unspecified atom stereocenters. The van der Waals surface area contributed by atoms with Crippen LogP contribution in [0.3, 0.4) is 0 Å². The summed E-state index contributed by atoms with van der Waals surface area (Å²) in [7, 11) is 0. The summed E-state index contributed by atoms with van der Waals surface area (Å²) in [5, 5.41) is 17.2. The van der Waals surface area contributed by atoms with Gasteiger partial charge in [-0.15, -0.1) is 0 Å². The Labute approximate surface area is 157 Å². The zero-order valence-electron chi connectivity index (χ0n) is 14.7. The van der Waals surface area contributed by atoms with Crippen LogP contribution in [0.25, 0.3) is 0 Å². The fourth-order valence-electron chi connectivity index (χ4n) is 2.23. The van der Waals surface area contributed by atoms with E-state index in [4.69, 9.17) is 21.7 Å². The van der Waals surface area contributed by atoms with E-state index in [-0.39, 0.29) is 5.69 Å². The predicted octanol–water partition coefficient (Wildman–Crippen LogP) is 3.88. The second-order valence-electron chi connectivity index (χ2n) is 5.26. The number of hydrogen-bond acceptors (Lipinski definition) is 5. The number of non-ortho nitro benzene ring substituents is 1. The third-order valence-electron chi connectivity index (χ3n) is 3.40.